The molecule has 1 aliphatic carbocycles. The lowest BCUT2D eigenvalue weighted by atomic mass is 10.1. The summed E-state index contributed by atoms with van der Waals surface area (Å²) in [5, 5.41) is 8.92. The van der Waals surface area contributed by atoms with Gasteiger partial charge in [0, 0.05) is 5.57 Å². The van der Waals surface area contributed by atoms with Crippen molar-refractivity contribution in [2.75, 3.05) is 7.11 Å². The molecule has 0 aromatic carbocycles. The predicted molar refractivity (Wildman–Crippen MR) is 54.2 cm³/mol. The zero-order valence-electron chi connectivity index (χ0n) is 9.40. The van der Waals surface area contributed by atoms with E-state index < -0.39 is 17.9 Å². The van der Waals surface area contributed by atoms with Gasteiger partial charge in [-0.2, -0.15) is 0 Å². The number of methoxy groups -OCH3 is 1. The van der Waals surface area contributed by atoms with Gasteiger partial charge in [0.1, 0.15) is 0 Å². The van der Waals surface area contributed by atoms with E-state index in [1.165, 1.54) is 7.11 Å². The van der Waals surface area contributed by atoms with Crippen molar-refractivity contribution >= 4 is 11.9 Å². The van der Waals surface area contributed by atoms with Crippen molar-refractivity contribution in [2.45, 2.75) is 20.8 Å². The third-order valence-electron chi connectivity index (χ3n) is 3.11. The largest absolute Gasteiger partial charge is 0.481 e. The maximum atomic E-state index is 11.1. The van der Waals surface area contributed by atoms with E-state index in [4.69, 9.17) is 5.11 Å². The van der Waals surface area contributed by atoms with E-state index in [9.17, 15) is 9.59 Å². The maximum Gasteiger partial charge on any atom is 0.333 e. The second kappa shape index (κ2) is 3.68. The summed E-state index contributed by atoms with van der Waals surface area (Å²) in [6.45, 7) is 5.41. The molecule has 2 atom stereocenters. The fourth-order valence-corrected chi connectivity index (χ4v) is 1.96. The van der Waals surface area contributed by atoms with Gasteiger partial charge < -0.3 is 9.84 Å². The number of carbonyl (C=O) groups excluding carboxylic acids is 1. The molecule has 0 saturated heterocycles. The zero-order valence-corrected chi connectivity index (χ0v) is 9.40. The summed E-state index contributed by atoms with van der Waals surface area (Å²) in [4.78, 5) is 22.0. The minimum Gasteiger partial charge on any atom is -0.481 e. The Balaban J connectivity index is 2.78. The molecule has 0 radical (unpaired) electrons. The van der Waals surface area contributed by atoms with Crippen LogP contribution in [-0.2, 0) is 14.3 Å². The zero-order chi connectivity index (χ0) is 11.8. The Bertz CT molecular complexity index is 327. The SMILES string of the molecule is COC(=O)/C(C)=C/[C@@H]1[C@H](C(=O)O)C1(C)C. The van der Waals surface area contributed by atoms with Crippen LogP contribution >= 0.6 is 0 Å². The first-order chi connectivity index (χ1) is 6.82. The van der Waals surface area contributed by atoms with Gasteiger partial charge in [-0.05, 0) is 18.3 Å². The molecule has 1 fully saturated rings. The standard InChI is InChI=1S/C11H16O4/c1-6(10(14)15-4)5-7-8(9(12)13)11(7,2)3/h5,7-8H,1-4H3,(H,12,13)/b6-5+/t7-,8-/m1/s1. The molecule has 4 nitrogen and oxygen atoms in total. The number of carboxylic acid groups (broad SMARTS) is 1. The van der Waals surface area contributed by atoms with Crippen LogP contribution in [0.5, 0.6) is 0 Å². The van der Waals surface area contributed by atoms with E-state index in [2.05, 4.69) is 4.74 Å². The van der Waals surface area contributed by atoms with Crippen molar-refractivity contribution in [2.24, 2.45) is 17.3 Å². The molecule has 0 amide bonds. The monoisotopic (exact) mass is 212 g/mol. The Morgan fingerprint density at radius 1 is 1.40 bits per heavy atom. The number of carboxylic acids is 1. The number of esters is 1. The molecule has 1 rings (SSSR count). The number of hydrogen-bond donors (Lipinski definition) is 1. The Morgan fingerprint density at radius 2 is 1.93 bits per heavy atom. The highest BCUT2D eigenvalue weighted by Crippen LogP contribution is 2.59. The smallest absolute Gasteiger partial charge is 0.333 e. The van der Waals surface area contributed by atoms with Crippen molar-refractivity contribution in [3.8, 4) is 0 Å². The molecule has 1 N–H and O–H groups in total. The fourth-order valence-electron chi connectivity index (χ4n) is 1.96. The van der Waals surface area contributed by atoms with Gasteiger partial charge in [-0.1, -0.05) is 19.9 Å². The van der Waals surface area contributed by atoms with Gasteiger partial charge in [0.15, 0.2) is 0 Å². The van der Waals surface area contributed by atoms with Gasteiger partial charge in [0.25, 0.3) is 0 Å². The highest BCUT2D eigenvalue weighted by atomic mass is 16.5. The molecule has 15 heavy (non-hydrogen) atoms. The molecular formula is C11H16O4. The molecule has 0 aromatic rings. The molecular weight excluding hydrogens is 196 g/mol. The van der Waals surface area contributed by atoms with E-state index in [0.717, 1.165) is 0 Å². The molecule has 0 heterocycles. The highest BCUT2D eigenvalue weighted by Gasteiger charge is 2.61. The number of ether oxygens (including phenoxy) is 1. The molecule has 0 spiro atoms. The lowest BCUT2D eigenvalue weighted by Crippen LogP contribution is -2.03. The molecule has 0 unspecified atom stereocenters. The minimum absolute atomic E-state index is 0.0749. The number of rotatable bonds is 3. The lowest BCUT2D eigenvalue weighted by Gasteiger charge is -1.99. The van der Waals surface area contributed by atoms with Crippen LogP contribution in [0.15, 0.2) is 11.6 Å². The third-order valence-corrected chi connectivity index (χ3v) is 3.11. The fraction of sp³-hybridized carbons (Fsp3) is 0.636. The van der Waals surface area contributed by atoms with E-state index in [-0.39, 0.29) is 11.3 Å². The van der Waals surface area contributed by atoms with Gasteiger partial charge in [-0.25, -0.2) is 4.79 Å². The van der Waals surface area contributed by atoms with E-state index in [0.29, 0.717) is 5.57 Å². The van der Waals surface area contributed by atoms with Crippen molar-refractivity contribution < 1.29 is 19.4 Å². The van der Waals surface area contributed by atoms with Crippen molar-refractivity contribution in [1.82, 2.24) is 0 Å². The Kier molecular flexibility index (Phi) is 2.88. The van der Waals surface area contributed by atoms with Crippen molar-refractivity contribution in [3.05, 3.63) is 11.6 Å². The first-order valence-corrected chi connectivity index (χ1v) is 4.82. The number of allylic oxidation sites excluding steroid dienone is 1. The van der Waals surface area contributed by atoms with Crippen LogP contribution in [0.25, 0.3) is 0 Å². The van der Waals surface area contributed by atoms with Gasteiger partial charge in [-0.15, -0.1) is 0 Å². The predicted octanol–water partition coefficient (Wildman–Crippen LogP) is 1.46. The quantitative estimate of drug-likeness (QED) is 0.568. The van der Waals surface area contributed by atoms with Gasteiger partial charge in [0.05, 0.1) is 13.0 Å². The lowest BCUT2D eigenvalue weighted by molar-refractivity contribution is -0.139. The summed E-state index contributed by atoms with van der Waals surface area (Å²) in [7, 11) is 1.31. The van der Waals surface area contributed by atoms with Gasteiger partial charge in [0.2, 0.25) is 0 Å². The van der Waals surface area contributed by atoms with Gasteiger partial charge >= 0.3 is 11.9 Å². The summed E-state index contributed by atoms with van der Waals surface area (Å²) in [6, 6.07) is 0. The topological polar surface area (TPSA) is 63.6 Å². The summed E-state index contributed by atoms with van der Waals surface area (Å²) < 4.78 is 4.55. The normalized spacial score (nSPS) is 28.4. The van der Waals surface area contributed by atoms with E-state index >= 15 is 0 Å². The molecule has 0 aliphatic heterocycles. The van der Waals surface area contributed by atoms with Crippen molar-refractivity contribution in [3.63, 3.8) is 0 Å². The summed E-state index contributed by atoms with van der Waals surface area (Å²) in [6.07, 6.45) is 1.70. The van der Waals surface area contributed by atoms with Crippen LogP contribution < -0.4 is 0 Å². The molecule has 4 heteroatoms. The van der Waals surface area contributed by atoms with Gasteiger partial charge in [-0.3, -0.25) is 4.79 Å². The highest BCUT2D eigenvalue weighted by molar-refractivity contribution is 5.88. The summed E-state index contributed by atoms with van der Waals surface area (Å²) in [5.74, 6) is -1.67. The Labute approximate surface area is 88.9 Å². The summed E-state index contributed by atoms with van der Waals surface area (Å²) in [5.41, 5.74) is 0.209. The Morgan fingerprint density at radius 3 is 2.27 bits per heavy atom. The Hall–Kier alpha value is -1.32. The molecule has 1 aliphatic rings. The number of aliphatic carboxylic acids is 1. The van der Waals surface area contributed by atoms with Crippen LogP contribution in [0.3, 0.4) is 0 Å². The average molecular weight is 212 g/mol. The second-order valence-electron chi connectivity index (χ2n) is 4.50. The average Bonchev–Trinajstić information content (AvgIpc) is 2.66. The first kappa shape index (κ1) is 11.8. The third kappa shape index (κ3) is 2.03. The van der Waals surface area contributed by atoms with Crippen LogP contribution in [0.2, 0.25) is 0 Å². The van der Waals surface area contributed by atoms with E-state index in [1.807, 2.05) is 13.8 Å². The van der Waals surface area contributed by atoms with Crippen LogP contribution in [-0.4, -0.2) is 24.2 Å². The number of hydrogen-bond acceptors (Lipinski definition) is 3. The molecule has 0 bridgehead atoms. The van der Waals surface area contributed by atoms with Crippen LogP contribution in [0.1, 0.15) is 20.8 Å². The molecule has 1 saturated carbocycles. The van der Waals surface area contributed by atoms with Crippen LogP contribution in [0, 0.1) is 17.3 Å². The number of carbonyl (C=O) groups is 2. The molecule has 84 valence electrons. The minimum atomic E-state index is -0.807. The van der Waals surface area contributed by atoms with E-state index in [1.54, 1.807) is 13.0 Å². The maximum absolute atomic E-state index is 11.1. The van der Waals surface area contributed by atoms with Crippen LogP contribution in [0.4, 0.5) is 0 Å². The molecule has 0 aromatic heterocycles. The summed E-state index contributed by atoms with van der Waals surface area (Å²) >= 11 is 0. The first-order valence-electron chi connectivity index (χ1n) is 4.82. The second-order valence-corrected chi connectivity index (χ2v) is 4.50. The van der Waals surface area contributed by atoms with Crippen molar-refractivity contribution in [1.29, 1.82) is 0 Å².